The molecule has 1 aromatic carbocycles. The third kappa shape index (κ3) is 1.66. The molecule has 1 atom stereocenters. The fourth-order valence-corrected chi connectivity index (χ4v) is 3.60. The van der Waals surface area contributed by atoms with Gasteiger partial charge >= 0.3 is 5.97 Å². The summed E-state index contributed by atoms with van der Waals surface area (Å²) in [5.74, 6) is -0.514. The number of benzene rings is 1. The maximum atomic E-state index is 12.4. The van der Waals surface area contributed by atoms with Gasteiger partial charge in [-0.3, -0.25) is 4.79 Å². The summed E-state index contributed by atoms with van der Waals surface area (Å²) in [6.07, 6.45) is 3.52. The summed E-state index contributed by atoms with van der Waals surface area (Å²) in [6, 6.07) is 2.30. The first-order chi connectivity index (χ1) is 10.6. The number of carboxylic acids is 1. The SMILES string of the molecule is Cc1c2c(cc3[nH]cc(C(=O)O)c(=O)c13)N1CCCC1CO2. The van der Waals surface area contributed by atoms with Gasteiger partial charge in [0.1, 0.15) is 17.9 Å². The van der Waals surface area contributed by atoms with Crippen molar-refractivity contribution in [1.82, 2.24) is 4.98 Å². The van der Waals surface area contributed by atoms with E-state index in [4.69, 9.17) is 9.84 Å². The normalized spacial score (nSPS) is 19.7. The van der Waals surface area contributed by atoms with Gasteiger partial charge in [-0.1, -0.05) is 0 Å². The summed E-state index contributed by atoms with van der Waals surface area (Å²) in [7, 11) is 0. The van der Waals surface area contributed by atoms with E-state index in [1.54, 1.807) is 0 Å². The van der Waals surface area contributed by atoms with Gasteiger partial charge in [0, 0.05) is 18.3 Å². The first kappa shape index (κ1) is 13.2. The number of hydrogen-bond acceptors (Lipinski definition) is 4. The minimum atomic E-state index is -1.22. The highest BCUT2D eigenvalue weighted by Crippen LogP contribution is 2.42. The second kappa shape index (κ2) is 4.50. The number of nitrogens with zero attached hydrogens (tertiary/aromatic N) is 1. The van der Waals surface area contributed by atoms with Crippen LogP contribution < -0.4 is 15.1 Å². The average molecular weight is 300 g/mol. The number of ether oxygens (including phenoxy) is 1. The molecule has 1 aromatic heterocycles. The Labute approximate surface area is 126 Å². The van der Waals surface area contributed by atoms with Crippen LogP contribution in [0, 0.1) is 6.92 Å². The second-order valence-electron chi connectivity index (χ2n) is 5.91. The number of hydrogen-bond donors (Lipinski definition) is 2. The van der Waals surface area contributed by atoms with Crippen LogP contribution in [0.25, 0.3) is 10.9 Å². The van der Waals surface area contributed by atoms with Gasteiger partial charge < -0.3 is 19.7 Å². The van der Waals surface area contributed by atoms with E-state index in [0.717, 1.165) is 25.1 Å². The smallest absolute Gasteiger partial charge is 0.341 e. The number of nitrogens with one attached hydrogen (secondary N) is 1. The summed E-state index contributed by atoms with van der Waals surface area (Å²) < 4.78 is 5.89. The zero-order chi connectivity index (χ0) is 15.4. The Morgan fingerprint density at radius 3 is 3.09 bits per heavy atom. The molecule has 0 aliphatic carbocycles. The summed E-state index contributed by atoms with van der Waals surface area (Å²) in [6.45, 7) is 3.43. The Hall–Kier alpha value is -2.50. The molecule has 114 valence electrons. The lowest BCUT2D eigenvalue weighted by Crippen LogP contribution is -2.38. The summed E-state index contributed by atoms with van der Waals surface area (Å²) in [4.78, 5) is 28.9. The van der Waals surface area contributed by atoms with Crippen LogP contribution in [0.1, 0.15) is 28.8 Å². The van der Waals surface area contributed by atoms with Crippen LogP contribution in [0.2, 0.25) is 0 Å². The lowest BCUT2D eigenvalue weighted by Gasteiger charge is -2.34. The number of fused-ring (bicyclic) bond motifs is 4. The molecule has 3 heterocycles. The molecule has 2 N–H and O–H groups in total. The topological polar surface area (TPSA) is 82.6 Å². The van der Waals surface area contributed by atoms with Crippen LogP contribution in [0.5, 0.6) is 5.75 Å². The number of aromatic amines is 1. The van der Waals surface area contributed by atoms with Crippen LogP contribution >= 0.6 is 0 Å². The van der Waals surface area contributed by atoms with Crippen molar-refractivity contribution >= 4 is 22.6 Å². The van der Waals surface area contributed by atoms with Crippen molar-refractivity contribution in [2.75, 3.05) is 18.1 Å². The van der Waals surface area contributed by atoms with Crippen molar-refractivity contribution < 1.29 is 14.6 Å². The summed E-state index contributed by atoms with van der Waals surface area (Å²) in [5.41, 5.74) is 1.65. The van der Waals surface area contributed by atoms with Crippen molar-refractivity contribution in [2.45, 2.75) is 25.8 Å². The van der Waals surface area contributed by atoms with E-state index in [2.05, 4.69) is 9.88 Å². The Bertz CT molecular complexity index is 855. The molecule has 0 amide bonds. The van der Waals surface area contributed by atoms with Crippen LogP contribution in [0.15, 0.2) is 17.1 Å². The number of pyridine rings is 1. The molecule has 0 spiro atoms. The molecule has 1 saturated heterocycles. The Kier molecular flexibility index (Phi) is 2.69. The number of carboxylic acid groups (broad SMARTS) is 1. The van der Waals surface area contributed by atoms with Crippen molar-refractivity contribution in [1.29, 1.82) is 0 Å². The molecule has 22 heavy (non-hydrogen) atoms. The molecular weight excluding hydrogens is 284 g/mol. The zero-order valence-electron chi connectivity index (χ0n) is 12.2. The highest BCUT2D eigenvalue weighted by atomic mass is 16.5. The Morgan fingerprint density at radius 1 is 1.50 bits per heavy atom. The predicted octanol–water partition coefficient (Wildman–Crippen LogP) is 1.90. The molecular formula is C16H16N2O4. The lowest BCUT2D eigenvalue weighted by atomic mass is 10.0. The molecule has 1 fully saturated rings. The number of carbonyl (C=O) groups is 1. The molecule has 4 rings (SSSR count). The van der Waals surface area contributed by atoms with E-state index in [1.165, 1.54) is 6.20 Å². The lowest BCUT2D eigenvalue weighted by molar-refractivity contribution is 0.0695. The van der Waals surface area contributed by atoms with E-state index in [0.29, 0.717) is 34.9 Å². The van der Waals surface area contributed by atoms with E-state index < -0.39 is 11.4 Å². The minimum Gasteiger partial charge on any atom is -0.489 e. The van der Waals surface area contributed by atoms with Gasteiger partial charge in [-0.05, 0) is 25.8 Å². The van der Waals surface area contributed by atoms with Crippen LogP contribution in [-0.4, -0.2) is 35.3 Å². The third-order valence-electron chi connectivity index (χ3n) is 4.68. The zero-order valence-corrected chi connectivity index (χ0v) is 12.2. The van der Waals surface area contributed by atoms with Gasteiger partial charge in [0.2, 0.25) is 5.43 Å². The fraction of sp³-hybridized carbons (Fsp3) is 0.375. The number of aryl methyl sites for hydroxylation is 1. The monoisotopic (exact) mass is 300 g/mol. The molecule has 2 aliphatic rings. The Morgan fingerprint density at radius 2 is 2.32 bits per heavy atom. The van der Waals surface area contributed by atoms with E-state index in [9.17, 15) is 9.59 Å². The standard InChI is InChI=1S/C16H16N2O4/c1-8-13-11(17-6-10(14(13)19)16(20)21)5-12-15(8)22-7-9-3-2-4-18(9)12/h5-6,9H,2-4,7H2,1H3,(H,17,19)(H,20,21). The maximum Gasteiger partial charge on any atom is 0.341 e. The molecule has 6 heteroatoms. The summed E-state index contributed by atoms with van der Waals surface area (Å²) >= 11 is 0. The van der Waals surface area contributed by atoms with Gasteiger partial charge in [-0.25, -0.2) is 4.79 Å². The number of aromatic nitrogens is 1. The molecule has 2 aromatic rings. The van der Waals surface area contributed by atoms with Gasteiger partial charge in [-0.15, -0.1) is 0 Å². The van der Waals surface area contributed by atoms with Crippen LogP contribution in [0.4, 0.5) is 5.69 Å². The maximum absolute atomic E-state index is 12.4. The van der Waals surface area contributed by atoms with E-state index >= 15 is 0 Å². The molecule has 0 radical (unpaired) electrons. The van der Waals surface area contributed by atoms with Crippen molar-refractivity contribution in [3.63, 3.8) is 0 Å². The number of aromatic carboxylic acids is 1. The van der Waals surface area contributed by atoms with Crippen LogP contribution in [-0.2, 0) is 0 Å². The van der Waals surface area contributed by atoms with Gasteiger partial charge in [0.25, 0.3) is 0 Å². The molecule has 2 aliphatic heterocycles. The number of rotatable bonds is 1. The van der Waals surface area contributed by atoms with Gasteiger partial charge in [-0.2, -0.15) is 0 Å². The third-order valence-corrected chi connectivity index (χ3v) is 4.68. The van der Waals surface area contributed by atoms with Crippen molar-refractivity contribution in [3.05, 3.63) is 33.6 Å². The Balaban J connectivity index is 2.02. The van der Waals surface area contributed by atoms with E-state index in [1.807, 2.05) is 13.0 Å². The fourth-order valence-electron chi connectivity index (χ4n) is 3.60. The number of H-pyrrole nitrogens is 1. The highest BCUT2D eigenvalue weighted by Gasteiger charge is 2.33. The average Bonchev–Trinajstić information content (AvgIpc) is 2.96. The van der Waals surface area contributed by atoms with E-state index in [-0.39, 0.29) is 5.56 Å². The van der Waals surface area contributed by atoms with Crippen molar-refractivity contribution in [3.8, 4) is 5.75 Å². The predicted molar refractivity (Wildman–Crippen MR) is 82.1 cm³/mol. The largest absolute Gasteiger partial charge is 0.489 e. The molecule has 1 unspecified atom stereocenters. The molecule has 0 saturated carbocycles. The highest BCUT2D eigenvalue weighted by molar-refractivity contribution is 5.96. The minimum absolute atomic E-state index is 0.245. The molecule has 6 nitrogen and oxygen atoms in total. The first-order valence-electron chi connectivity index (χ1n) is 7.39. The first-order valence-corrected chi connectivity index (χ1v) is 7.39. The van der Waals surface area contributed by atoms with Gasteiger partial charge in [0.05, 0.1) is 22.6 Å². The second-order valence-corrected chi connectivity index (χ2v) is 5.91. The van der Waals surface area contributed by atoms with Gasteiger partial charge in [0.15, 0.2) is 0 Å². The molecule has 0 bridgehead atoms. The van der Waals surface area contributed by atoms with Crippen LogP contribution in [0.3, 0.4) is 0 Å². The summed E-state index contributed by atoms with van der Waals surface area (Å²) in [5, 5.41) is 9.52. The quantitative estimate of drug-likeness (QED) is 0.840. The number of anilines is 1. The van der Waals surface area contributed by atoms with Crippen molar-refractivity contribution in [2.24, 2.45) is 0 Å².